The van der Waals surface area contributed by atoms with Gasteiger partial charge in [-0.2, -0.15) is 0 Å². The van der Waals surface area contributed by atoms with Gasteiger partial charge in [-0.05, 0) is 44.2 Å². The Morgan fingerprint density at radius 2 is 2.19 bits per heavy atom. The average Bonchev–Trinajstić information content (AvgIpc) is 3.12. The van der Waals surface area contributed by atoms with E-state index in [1.165, 1.54) is 5.57 Å². The summed E-state index contributed by atoms with van der Waals surface area (Å²) in [5.41, 5.74) is 3.52. The summed E-state index contributed by atoms with van der Waals surface area (Å²) in [6.07, 6.45) is 7.52. The number of hydrogen-bond acceptors (Lipinski definition) is 4. The van der Waals surface area contributed by atoms with E-state index in [0.717, 1.165) is 42.1 Å². The number of rotatable bonds is 4. The molecule has 162 valence electrons. The lowest BCUT2D eigenvalue weighted by atomic mass is 9.84. The number of carbonyl (C=O) groups is 2. The number of nitrogens with one attached hydrogen (secondary N) is 2. The average molecular weight is 421 g/mol. The molecule has 0 bridgehead atoms. The lowest BCUT2D eigenvalue weighted by Gasteiger charge is -2.20. The quantitative estimate of drug-likeness (QED) is 0.343. The smallest absolute Gasteiger partial charge is 0.334 e. The first kappa shape index (κ1) is 20.1. The Balaban J connectivity index is 1.23. The molecule has 0 spiro atoms. The molecule has 3 heterocycles. The predicted molar refractivity (Wildman–Crippen MR) is 117 cm³/mol. The number of ether oxygens (including phenoxy) is 2. The molecular formula is C25H28N2O4. The van der Waals surface area contributed by atoms with Crippen LogP contribution in [0, 0.1) is 5.92 Å². The first-order valence-corrected chi connectivity index (χ1v) is 11.0. The molecule has 5 rings (SSSR count). The van der Waals surface area contributed by atoms with Crippen molar-refractivity contribution >= 4 is 22.8 Å². The van der Waals surface area contributed by atoms with E-state index < -0.39 is 0 Å². The number of allylic oxidation sites excluding steroid dienone is 1. The third-order valence-corrected chi connectivity index (χ3v) is 6.98. The number of amides is 1. The van der Waals surface area contributed by atoms with Gasteiger partial charge in [0.25, 0.3) is 0 Å². The van der Waals surface area contributed by atoms with Gasteiger partial charge in [0.2, 0.25) is 5.91 Å². The highest BCUT2D eigenvalue weighted by Crippen LogP contribution is 2.49. The Kier molecular flexibility index (Phi) is 4.97. The van der Waals surface area contributed by atoms with Crippen molar-refractivity contribution in [2.45, 2.75) is 56.8 Å². The number of aromatic amines is 1. The van der Waals surface area contributed by atoms with Gasteiger partial charge >= 0.3 is 5.97 Å². The van der Waals surface area contributed by atoms with Crippen LogP contribution in [0.2, 0.25) is 0 Å². The highest BCUT2D eigenvalue weighted by atomic mass is 16.6. The maximum Gasteiger partial charge on any atom is 0.334 e. The second kappa shape index (κ2) is 7.68. The molecule has 3 aliphatic rings. The standard InChI is InChI=1S/C25H28N2O4/c1-15-18-10-9-16(6-5-11-25(2)23(31-25)22(18)30-24(15)29)13-27-21(28)12-17-14-26-20-8-4-3-7-19(17)20/h3-4,6-8,14,18,22-23,26H,1,5,9-13H2,2H3,(H,27,28)/t18-,22-,23-,25+/m0/s1. The molecule has 0 unspecified atom stereocenters. The van der Waals surface area contributed by atoms with Gasteiger partial charge in [0.05, 0.1) is 12.0 Å². The van der Waals surface area contributed by atoms with Gasteiger partial charge in [-0.3, -0.25) is 4.79 Å². The van der Waals surface area contributed by atoms with Crippen LogP contribution in [0.25, 0.3) is 10.9 Å². The molecule has 6 heteroatoms. The van der Waals surface area contributed by atoms with Gasteiger partial charge in [-0.1, -0.05) is 36.4 Å². The van der Waals surface area contributed by atoms with Gasteiger partial charge in [-0.25, -0.2) is 4.79 Å². The number of esters is 1. The molecule has 31 heavy (non-hydrogen) atoms. The molecule has 2 aliphatic heterocycles. The minimum atomic E-state index is -0.301. The number of hydrogen-bond donors (Lipinski definition) is 2. The number of carbonyl (C=O) groups excluding carboxylic acids is 2. The molecule has 2 saturated heterocycles. The normalized spacial score (nSPS) is 30.2. The Hall–Kier alpha value is -2.86. The number of epoxide rings is 1. The van der Waals surface area contributed by atoms with Crippen LogP contribution in [0.3, 0.4) is 0 Å². The molecule has 6 nitrogen and oxygen atoms in total. The summed E-state index contributed by atoms with van der Waals surface area (Å²) in [4.78, 5) is 27.9. The van der Waals surface area contributed by atoms with E-state index in [2.05, 4.69) is 29.9 Å². The molecular weight excluding hydrogens is 392 g/mol. The van der Waals surface area contributed by atoms with Crippen LogP contribution in [0.1, 0.15) is 38.2 Å². The topological polar surface area (TPSA) is 83.7 Å². The maximum absolute atomic E-state index is 12.6. The zero-order valence-corrected chi connectivity index (χ0v) is 17.8. The monoisotopic (exact) mass is 420 g/mol. The summed E-state index contributed by atoms with van der Waals surface area (Å²) in [6, 6.07) is 8.00. The van der Waals surface area contributed by atoms with Gasteiger partial charge in [-0.15, -0.1) is 0 Å². The van der Waals surface area contributed by atoms with Crippen molar-refractivity contribution in [1.82, 2.24) is 10.3 Å². The van der Waals surface area contributed by atoms with Gasteiger partial charge < -0.3 is 19.8 Å². The van der Waals surface area contributed by atoms with Gasteiger partial charge in [0, 0.05) is 35.1 Å². The van der Waals surface area contributed by atoms with Crippen molar-refractivity contribution in [3.8, 4) is 0 Å². The molecule has 2 aromatic rings. The maximum atomic E-state index is 12.6. The van der Waals surface area contributed by atoms with E-state index in [-0.39, 0.29) is 35.6 Å². The molecule has 2 N–H and O–H groups in total. The largest absolute Gasteiger partial charge is 0.455 e. The first-order valence-electron chi connectivity index (χ1n) is 11.0. The van der Waals surface area contributed by atoms with Crippen LogP contribution in [0.5, 0.6) is 0 Å². The van der Waals surface area contributed by atoms with Crippen molar-refractivity contribution in [3.05, 3.63) is 59.8 Å². The van der Waals surface area contributed by atoms with Crippen molar-refractivity contribution in [1.29, 1.82) is 0 Å². The zero-order valence-electron chi connectivity index (χ0n) is 17.8. The summed E-state index contributed by atoms with van der Waals surface area (Å²) < 4.78 is 11.6. The van der Waals surface area contributed by atoms with Crippen molar-refractivity contribution in [3.63, 3.8) is 0 Å². The molecule has 1 aromatic heterocycles. The van der Waals surface area contributed by atoms with Gasteiger partial charge in [0.15, 0.2) is 0 Å². The third-order valence-electron chi connectivity index (χ3n) is 6.98. The van der Waals surface area contributed by atoms with Gasteiger partial charge in [0.1, 0.15) is 12.2 Å². The summed E-state index contributed by atoms with van der Waals surface area (Å²) >= 11 is 0. The summed E-state index contributed by atoms with van der Waals surface area (Å²) in [7, 11) is 0. The molecule has 1 aliphatic carbocycles. The van der Waals surface area contributed by atoms with E-state index in [9.17, 15) is 9.59 Å². The Morgan fingerprint density at radius 1 is 1.35 bits per heavy atom. The number of benzene rings is 1. The Bertz CT molecular complexity index is 1080. The second-order valence-electron chi connectivity index (χ2n) is 9.11. The Labute approximate surface area is 181 Å². The minimum Gasteiger partial charge on any atom is -0.455 e. The third kappa shape index (κ3) is 3.81. The SMILES string of the molecule is C=C1C(=O)O[C@H]2[C@H]1CCC(CNC(=O)Cc1c[nH]c3ccccc13)=CCC[C@@]1(C)O[C@@H]21. The first-order chi connectivity index (χ1) is 14.9. The lowest BCUT2D eigenvalue weighted by molar-refractivity contribution is -0.140. The number of para-hydroxylation sites is 1. The molecule has 2 fully saturated rings. The lowest BCUT2D eigenvalue weighted by Crippen LogP contribution is -2.30. The van der Waals surface area contributed by atoms with Crippen LogP contribution in [0.15, 0.2) is 54.3 Å². The zero-order chi connectivity index (χ0) is 21.6. The van der Waals surface area contributed by atoms with Crippen molar-refractivity contribution in [2.75, 3.05) is 6.54 Å². The Morgan fingerprint density at radius 3 is 3.06 bits per heavy atom. The highest BCUT2D eigenvalue weighted by molar-refractivity contribution is 5.91. The fraction of sp³-hybridized carbons (Fsp3) is 0.440. The molecule has 4 atom stereocenters. The summed E-state index contributed by atoms with van der Waals surface area (Å²) in [6.45, 7) is 6.56. The predicted octanol–water partition coefficient (Wildman–Crippen LogP) is 3.58. The van der Waals surface area contributed by atoms with Crippen LogP contribution in [-0.4, -0.2) is 41.2 Å². The van der Waals surface area contributed by atoms with Crippen LogP contribution in [-0.2, 0) is 25.5 Å². The molecule has 0 saturated carbocycles. The summed E-state index contributed by atoms with van der Waals surface area (Å²) in [5.74, 6) is -0.325. The highest BCUT2D eigenvalue weighted by Gasteiger charge is 2.61. The molecule has 0 radical (unpaired) electrons. The van der Waals surface area contributed by atoms with Crippen LogP contribution < -0.4 is 5.32 Å². The fourth-order valence-electron chi connectivity index (χ4n) is 5.01. The van der Waals surface area contributed by atoms with Crippen molar-refractivity contribution < 1.29 is 19.1 Å². The van der Waals surface area contributed by atoms with E-state index >= 15 is 0 Å². The van der Waals surface area contributed by atoms with Crippen LogP contribution in [0.4, 0.5) is 0 Å². The van der Waals surface area contributed by atoms with E-state index in [4.69, 9.17) is 9.47 Å². The molecule has 1 amide bonds. The number of H-pyrrole nitrogens is 1. The van der Waals surface area contributed by atoms with E-state index in [0.29, 0.717) is 18.5 Å². The van der Waals surface area contributed by atoms with Crippen molar-refractivity contribution in [2.24, 2.45) is 5.92 Å². The number of fused-ring (bicyclic) bond motifs is 4. The van der Waals surface area contributed by atoms with E-state index in [1.807, 2.05) is 30.5 Å². The second-order valence-corrected chi connectivity index (χ2v) is 9.11. The molecule has 1 aromatic carbocycles. The van der Waals surface area contributed by atoms with E-state index in [1.54, 1.807) is 0 Å². The minimum absolute atomic E-state index is 0.00182. The summed E-state index contributed by atoms with van der Waals surface area (Å²) in [5, 5.41) is 4.16. The fourth-order valence-corrected chi connectivity index (χ4v) is 5.01. The number of aromatic nitrogens is 1. The van der Waals surface area contributed by atoms with Crippen LogP contribution >= 0.6 is 0 Å².